The van der Waals surface area contributed by atoms with Crippen LogP contribution in [0.15, 0.2) is 40.1 Å². The van der Waals surface area contributed by atoms with Crippen molar-refractivity contribution in [1.82, 2.24) is 9.55 Å². The van der Waals surface area contributed by atoms with E-state index in [2.05, 4.69) is 4.98 Å². The van der Waals surface area contributed by atoms with Gasteiger partial charge in [-0.3, -0.25) is 14.3 Å². The number of aromatic amines is 1. The van der Waals surface area contributed by atoms with Gasteiger partial charge < -0.3 is 4.74 Å². The first-order chi connectivity index (χ1) is 9.52. The second-order valence-electron chi connectivity index (χ2n) is 4.23. The predicted octanol–water partition coefficient (Wildman–Crippen LogP) is 1.01. The Balaban J connectivity index is 2.57. The molecule has 1 N–H and O–H groups in total. The van der Waals surface area contributed by atoms with Crippen molar-refractivity contribution in [1.29, 1.82) is 0 Å². The van der Waals surface area contributed by atoms with Gasteiger partial charge in [-0.05, 0) is 26.0 Å². The molecule has 0 amide bonds. The van der Waals surface area contributed by atoms with Crippen LogP contribution >= 0.6 is 0 Å². The van der Waals surface area contributed by atoms with Crippen molar-refractivity contribution in [3.63, 3.8) is 0 Å². The van der Waals surface area contributed by atoms with Gasteiger partial charge in [0.2, 0.25) is 0 Å². The van der Waals surface area contributed by atoms with Gasteiger partial charge in [0.1, 0.15) is 5.56 Å². The molecule has 6 heteroatoms. The van der Waals surface area contributed by atoms with Crippen molar-refractivity contribution in [2.75, 3.05) is 6.61 Å². The van der Waals surface area contributed by atoms with Gasteiger partial charge in [0.15, 0.2) is 0 Å². The maximum Gasteiger partial charge on any atom is 0.345 e. The molecule has 0 saturated carbocycles. The molecular weight excluding hydrogens is 260 g/mol. The molecule has 1 aromatic heterocycles. The molecule has 0 fully saturated rings. The summed E-state index contributed by atoms with van der Waals surface area (Å²) in [5.41, 5.74) is 0.0370. The molecule has 0 radical (unpaired) electrons. The maximum atomic E-state index is 11.8. The van der Waals surface area contributed by atoms with Gasteiger partial charge in [-0.2, -0.15) is 0 Å². The Morgan fingerprint density at radius 1 is 1.25 bits per heavy atom. The van der Waals surface area contributed by atoms with Gasteiger partial charge in [-0.25, -0.2) is 9.59 Å². The van der Waals surface area contributed by atoms with Crippen molar-refractivity contribution in [2.45, 2.75) is 13.8 Å². The molecule has 1 heterocycles. The van der Waals surface area contributed by atoms with E-state index in [1.54, 1.807) is 19.1 Å². The molecule has 2 aromatic rings. The summed E-state index contributed by atoms with van der Waals surface area (Å²) in [7, 11) is 0. The van der Waals surface area contributed by atoms with E-state index in [4.69, 9.17) is 4.74 Å². The molecule has 0 aliphatic heterocycles. The lowest BCUT2D eigenvalue weighted by atomic mass is 10.2. The van der Waals surface area contributed by atoms with E-state index in [0.29, 0.717) is 5.69 Å². The summed E-state index contributed by atoms with van der Waals surface area (Å²) in [5.74, 6) is -0.755. The average Bonchev–Trinajstić information content (AvgIpc) is 2.40. The number of aryl methyl sites for hydroxylation is 1. The summed E-state index contributed by atoms with van der Waals surface area (Å²) in [6, 6.07) is 7.11. The lowest BCUT2D eigenvalue weighted by Gasteiger charge is -2.07. The molecule has 0 atom stereocenters. The van der Waals surface area contributed by atoms with Crippen molar-refractivity contribution in [3.05, 3.63) is 62.4 Å². The third kappa shape index (κ3) is 2.69. The number of hydrogen-bond acceptors (Lipinski definition) is 4. The first-order valence-electron chi connectivity index (χ1n) is 6.13. The van der Waals surface area contributed by atoms with Gasteiger partial charge in [0.25, 0.3) is 5.56 Å². The topological polar surface area (TPSA) is 81.2 Å². The fourth-order valence-electron chi connectivity index (χ4n) is 1.72. The number of ether oxygens (including phenoxy) is 1. The van der Waals surface area contributed by atoms with E-state index >= 15 is 0 Å². The van der Waals surface area contributed by atoms with Crippen LogP contribution < -0.4 is 11.2 Å². The average molecular weight is 274 g/mol. The van der Waals surface area contributed by atoms with Crippen LogP contribution in [0.1, 0.15) is 22.8 Å². The third-order valence-corrected chi connectivity index (χ3v) is 2.75. The van der Waals surface area contributed by atoms with E-state index < -0.39 is 17.2 Å². The zero-order valence-corrected chi connectivity index (χ0v) is 11.2. The molecule has 20 heavy (non-hydrogen) atoms. The van der Waals surface area contributed by atoms with Gasteiger partial charge in [0, 0.05) is 6.20 Å². The van der Waals surface area contributed by atoms with E-state index in [1.807, 2.05) is 19.1 Å². The van der Waals surface area contributed by atoms with Crippen LogP contribution in [0.4, 0.5) is 0 Å². The highest BCUT2D eigenvalue weighted by Gasteiger charge is 2.14. The molecule has 0 bridgehead atoms. The smallest absolute Gasteiger partial charge is 0.345 e. The molecule has 1 aromatic carbocycles. The highest BCUT2D eigenvalue weighted by Crippen LogP contribution is 2.07. The lowest BCUT2D eigenvalue weighted by Crippen LogP contribution is -2.33. The van der Waals surface area contributed by atoms with E-state index in [-0.39, 0.29) is 12.2 Å². The van der Waals surface area contributed by atoms with Crippen LogP contribution in [0.25, 0.3) is 5.69 Å². The number of hydrogen-bond donors (Lipinski definition) is 1. The maximum absolute atomic E-state index is 11.8. The van der Waals surface area contributed by atoms with Crippen LogP contribution in [0.3, 0.4) is 0 Å². The highest BCUT2D eigenvalue weighted by atomic mass is 16.5. The number of nitrogens with one attached hydrogen (secondary N) is 1. The number of rotatable bonds is 3. The number of H-pyrrole nitrogens is 1. The first kappa shape index (κ1) is 13.8. The van der Waals surface area contributed by atoms with Crippen molar-refractivity contribution in [3.8, 4) is 5.69 Å². The van der Waals surface area contributed by atoms with Crippen molar-refractivity contribution in [2.24, 2.45) is 0 Å². The van der Waals surface area contributed by atoms with Gasteiger partial charge in [-0.15, -0.1) is 0 Å². The summed E-state index contributed by atoms with van der Waals surface area (Å²) in [6.07, 6.45) is 1.20. The van der Waals surface area contributed by atoms with E-state index in [0.717, 1.165) is 5.56 Å². The molecule has 0 aliphatic rings. The van der Waals surface area contributed by atoms with Gasteiger partial charge >= 0.3 is 11.7 Å². The Bertz CT molecular complexity index is 741. The zero-order chi connectivity index (χ0) is 14.7. The SMILES string of the molecule is CCOC(=O)c1cn(-c2ccc(C)cc2)c(=O)[nH]c1=O. The summed E-state index contributed by atoms with van der Waals surface area (Å²) in [6.45, 7) is 3.72. The Labute approximate surface area is 114 Å². The fourth-order valence-corrected chi connectivity index (χ4v) is 1.72. The lowest BCUT2D eigenvalue weighted by molar-refractivity contribution is 0.0523. The Hall–Kier alpha value is -2.63. The summed E-state index contributed by atoms with van der Waals surface area (Å²) in [4.78, 5) is 37.2. The number of nitrogens with zero attached hydrogens (tertiary/aromatic N) is 1. The molecule has 6 nitrogen and oxygen atoms in total. The largest absolute Gasteiger partial charge is 0.462 e. The second-order valence-corrected chi connectivity index (χ2v) is 4.23. The number of aromatic nitrogens is 2. The summed E-state index contributed by atoms with van der Waals surface area (Å²) in [5, 5.41) is 0. The molecule has 0 aliphatic carbocycles. The zero-order valence-electron chi connectivity index (χ0n) is 11.2. The fraction of sp³-hybridized carbons (Fsp3) is 0.214. The molecule has 0 saturated heterocycles. The van der Waals surface area contributed by atoms with E-state index in [9.17, 15) is 14.4 Å². The Morgan fingerprint density at radius 2 is 1.90 bits per heavy atom. The summed E-state index contributed by atoms with van der Waals surface area (Å²) < 4.78 is 5.99. The molecular formula is C14H14N2O4. The normalized spacial score (nSPS) is 10.3. The standard InChI is InChI=1S/C14H14N2O4/c1-3-20-13(18)11-8-16(14(19)15-12(11)17)10-6-4-9(2)5-7-10/h4-8H,3H2,1-2H3,(H,15,17,19). The number of carbonyl (C=O) groups is 1. The number of carbonyl (C=O) groups excluding carboxylic acids is 1. The minimum Gasteiger partial charge on any atom is -0.462 e. The molecule has 0 spiro atoms. The molecule has 2 rings (SSSR count). The third-order valence-electron chi connectivity index (χ3n) is 2.75. The summed E-state index contributed by atoms with van der Waals surface area (Å²) >= 11 is 0. The van der Waals surface area contributed by atoms with Crippen LogP contribution in [0.5, 0.6) is 0 Å². The van der Waals surface area contributed by atoms with Crippen LogP contribution in [0.2, 0.25) is 0 Å². The van der Waals surface area contributed by atoms with E-state index in [1.165, 1.54) is 10.8 Å². The molecule has 0 unspecified atom stereocenters. The predicted molar refractivity (Wildman–Crippen MR) is 73.4 cm³/mol. The molecule has 104 valence electrons. The van der Waals surface area contributed by atoms with Crippen molar-refractivity contribution < 1.29 is 9.53 Å². The highest BCUT2D eigenvalue weighted by molar-refractivity contribution is 5.88. The first-order valence-corrected chi connectivity index (χ1v) is 6.13. The van der Waals surface area contributed by atoms with Crippen LogP contribution in [-0.4, -0.2) is 22.1 Å². The van der Waals surface area contributed by atoms with Gasteiger partial charge in [0.05, 0.1) is 12.3 Å². The minimum atomic E-state index is -0.755. The number of benzene rings is 1. The Kier molecular flexibility index (Phi) is 3.84. The quantitative estimate of drug-likeness (QED) is 0.847. The monoisotopic (exact) mass is 274 g/mol. The minimum absolute atomic E-state index is 0.155. The Morgan fingerprint density at radius 3 is 2.50 bits per heavy atom. The van der Waals surface area contributed by atoms with Crippen LogP contribution in [-0.2, 0) is 4.74 Å². The van der Waals surface area contributed by atoms with Crippen LogP contribution in [0, 0.1) is 6.92 Å². The second kappa shape index (κ2) is 5.56. The number of esters is 1. The van der Waals surface area contributed by atoms with Gasteiger partial charge in [-0.1, -0.05) is 17.7 Å². The van der Waals surface area contributed by atoms with Crippen molar-refractivity contribution >= 4 is 5.97 Å².